The zero-order chi connectivity index (χ0) is 10.4. The van der Waals surface area contributed by atoms with Crippen molar-refractivity contribution in [3.05, 3.63) is 28.3 Å². The number of oxazole rings is 1. The van der Waals surface area contributed by atoms with Crippen LogP contribution in [0.4, 0.5) is 0 Å². The van der Waals surface area contributed by atoms with Crippen LogP contribution in [0, 0.1) is 0 Å². The molecular formula is C7H8N4O3. The number of carbonyl (C=O) groups is 1. The van der Waals surface area contributed by atoms with Gasteiger partial charge in [-0.05, 0) is 5.53 Å². The molecule has 1 N–H and O–H groups in total. The Labute approximate surface area is 79.0 Å². The Balaban J connectivity index is 2.50. The highest BCUT2D eigenvalue weighted by Gasteiger charge is 2.05. The lowest BCUT2D eigenvalue weighted by Crippen LogP contribution is -1.97. The van der Waals surface area contributed by atoms with Crippen LogP contribution in [0.2, 0.25) is 0 Å². The Morgan fingerprint density at radius 1 is 1.79 bits per heavy atom. The zero-order valence-corrected chi connectivity index (χ0v) is 7.25. The standard InChI is InChI=1S/C7H8N4O3/c8-11-10-4-5-3-9-6(14-5)1-2-7(12)13/h3H,1-2,4H2,(H,12,13). The number of nitrogens with zero attached hydrogens (tertiary/aromatic N) is 4. The summed E-state index contributed by atoms with van der Waals surface area (Å²) >= 11 is 0. The van der Waals surface area contributed by atoms with Gasteiger partial charge in [0.25, 0.3) is 0 Å². The molecule has 14 heavy (non-hydrogen) atoms. The van der Waals surface area contributed by atoms with Gasteiger partial charge in [0, 0.05) is 11.3 Å². The first-order chi connectivity index (χ1) is 6.72. The molecule has 0 bridgehead atoms. The van der Waals surface area contributed by atoms with Crippen molar-refractivity contribution in [3.63, 3.8) is 0 Å². The highest BCUT2D eigenvalue weighted by molar-refractivity contribution is 5.66. The van der Waals surface area contributed by atoms with E-state index in [9.17, 15) is 4.79 Å². The summed E-state index contributed by atoms with van der Waals surface area (Å²) in [6, 6.07) is 0. The first-order valence-electron chi connectivity index (χ1n) is 3.88. The molecule has 0 aromatic carbocycles. The molecule has 0 unspecified atom stereocenters. The lowest BCUT2D eigenvalue weighted by atomic mass is 10.3. The Bertz CT molecular complexity index is 367. The lowest BCUT2D eigenvalue weighted by molar-refractivity contribution is -0.137. The zero-order valence-electron chi connectivity index (χ0n) is 7.25. The molecule has 74 valence electrons. The molecule has 7 nitrogen and oxygen atoms in total. The lowest BCUT2D eigenvalue weighted by Gasteiger charge is -1.90. The third kappa shape index (κ3) is 3.16. The molecule has 0 saturated carbocycles. The second-order valence-electron chi connectivity index (χ2n) is 2.50. The van der Waals surface area contributed by atoms with Gasteiger partial charge in [-0.1, -0.05) is 5.11 Å². The first kappa shape index (κ1) is 10.1. The molecule has 0 aliphatic carbocycles. The summed E-state index contributed by atoms with van der Waals surface area (Å²) in [5.74, 6) is -0.126. The van der Waals surface area contributed by atoms with E-state index < -0.39 is 5.97 Å². The van der Waals surface area contributed by atoms with Crippen molar-refractivity contribution < 1.29 is 14.3 Å². The molecule has 0 fully saturated rings. The fourth-order valence-electron chi connectivity index (χ4n) is 0.852. The van der Waals surface area contributed by atoms with Crippen LogP contribution in [0.5, 0.6) is 0 Å². The Morgan fingerprint density at radius 2 is 2.57 bits per heavy atom. The van der Waals surface area contributed by atoms with E-state index in [4.69, 9.17) is 15.1 Å². The minimum Gasteiger partial charge on any atom is -0.481 e. The van der Waals surface area contributed by atoms with Gasteiger partial charge in [0.05, 0.1) is 19.2 Å². The normalized spacial score (nSPS) is 9.43. The van der Waals surface area contributed by atoms with Crippen LogP contribution in [0.15, 0.2) is 15.7 Å². The minimum atomic E-state index is -0.903. The molecule has 0 spiro atoms. The van der Waals surface area contributed by atoms with E-state index in [1.165, 1.54) is 6.20 Å². The van der Waals surface area contributed by atoms with Crippen LogP contribution in [0.3, 0.4) is 0 Å². The number of carboxylic acids is 1. The smallest absolute Gasteiger partial charge is 0.303 e. The summed E-state index contributed by atoms with van der Waals surface area (Å²) in [7, 11) is 0. The van der Waals surface area contributed by atoms with Crippen LogP contribution < -0.4 is 0 Å². The highest BCUT2D eigenvalue weighted by Crippen LogP contribution is 2.07. The topological polar surface area (TPSA) is 112 Å². The monoisotopic (exact) mass is 196 g/mol. The number of azide groups is 1. The molecular weight excluding hydrogens is 188 g/mol. The quantitative estimate of drug-likeness (QED) is 0.436. The second kappa shape index (κ2) is 4.88. The molecule has 0 saturated heterocycles. The van der Waals surface area contributed by atoms with Gasteiger partial charge in [-0.3, -0.25) is 4.79 Å². The van der Waals surface area contributed by atoms with E-state index in [0.717, 1.165) is 0 Å². The van der Waals surface area contributed by atoms with Gasteiger partial charge < -0.3 is 9.52 Å². The molecule has 0 radical (unpaired) electrons. The van der Waals surface area contributed by atoms with Gasteiger partial charge >= 0.3 is 5.97 Å². The third-order valence-electron chi connectivity index (χ3n) is 1.44. The summed E-state index contributed by atoms with van der Waals surface area (Å²) < 4.78 is 5.10. The minimum absolute atomic E-state index is 0.0263. The average Bonchev–Trinajstić information content (AvgIpc) is 2.59. The van der Waals surface area contributed by atoms with E-state index in [1.807, 2.05) is 0 Å². The van der Waals surface area contributed by atoms with Gasteiger partial charge in [-0.15, -0.1) is 0 Å². The van der Waals surface area contributed by atoms with Crippen molar-refractivity contribution in [1.82, 2.24) is 4.98 Å². The number of hydrogen-bond acceptors (Lipinski definition) is 4. The van der Waals surface area contributed by atoms with Crippen molar-refractivity contribution in [2.45, 2.75) is 19.4 Å². The molecule has 7 heteroatoms. The summed E-state index contributed by atoms with van der Waals surface area (Å²) in [6.45, 7) is 0.0938. The molecule has 0 aliphatic heterocycles. The summed E-state index contributed by atoms with van der Waals surface area (Å²) in [6.07, 6.45) is 1.64. The fourth-order valence-corrected chi connectivity index (χ4v) is 0.852. The molecule has 0 aliphatic rings. The maximum absolute atomic E-state index is 10.2. The number of hydrogen-bond donors (Lipinski definition) is 1. The SMILES string of the molecule is [N-]=[N+]=NCc1cnc(CCC(=O)O)o1. The van der Waals surface area contributed by atoms with Crippen LogP contribution in [0.25, 0.3) is 10.4 Å². The summed E-state index contributed by atoms with van der Waals surface area (Å²) in [4.78, 5) is 16.6. The number of carboxylic acid groups (broad SMARTS) is 1. The van der Waals surface area contributed by atoms with Crippen molar-refractivity contribution in [2.75, 3.05) is 0 Å². The van der Waals surface area contributed by atoms with Gasteiger partial charge in [0.2, 0.25) is 0 Å². The number of rotatable bonds is 5. The molecule has 1 aromatic rings. The first-order valence-corrected chi connectivity index (χ1v) is 3.88. The molecule has 1 aromatic heterocycles. The average molecular weight is 196 g/mol. The van der Waals surface area contributed by atoms with E-state index in [1.54, 1.807) is 0 Å². The van der Waals surface area contributed by atoms with Crippen LogP contribution in [-0.2, 0) is 17.8 Å². The number of aromatic nitrogens is 1. The second-order valence-corrected chi connectivity index (χ2v) is 2.50. The number of aliphatic carboxylic acids is 1. The van der Waals surface area contributed by atoms with Gasteiger partial charge in [-0.2, -0.15) is 0 Å². The molecule has 1 rings (SSSR count). The third-order valence-corrected chi connectivity index (χ3v) is 1.44. The van der Waals surface area contributed by atoms with Crippen LogP contribution >= 0.6 is 0 Å². The van der Waals surface area contributed by atoms with E-state index in [2.05, 4.69) is 15.0 Å². The predicted molar refractivity (Wildman–Crippen MR) is 45.3 cm³/mol. The fraction of sp³-hybridized carbons (Fsp3) is 0.429. The Kier molecular flexibility index (Phi) is 3.51. The molecule has 1 heterocycles. The van der Waals surface area contributed by atoms with Crippen molar-refractivity contribution >= 4 is 5.97 Å². The number of aryl methyl sites for hydroxylation is 1. The van der Waals surface area contributed by atoms with E-state index >= 15 is 0 Å². The maximum Gasteiger partial charge on any atom is 0.303 e. The van der Waals surface area contributed by atoms with Crippen molar-refractivity contribution in [2.24, 2.45) is 5.11 Å². The highest BCUT2D eigenvalue weighted by atomic mass is 16.4. The van der Waals surface area contributed by atoms with Gasteiger partial charge in [0.15, 0.2) is 5.89 Å². The van der Waals surface area contributed by atoms with Crippen LogP contribution in [0.1, 0.15) is 18.1 Å². The van der Waals surface area contributed by atoms with Gasteiger partial charge in [0.1, 0.15) is 5.76 Å². The molecule has 0 amide bonds. The van der Waals surface area contributed by atoms with Crippen molar-refractivity contribution in [1.29, 1.82) is 0 Å². The van der Waals surface area contributed by atoms with E-state index in [0.29, 0.717) is 11.7 Å². The maximum atomic E-state index is 10.2. The van der Waals surface area contributed by atoms with Crippen molar-refractivity contribution in [3.8, 4) is 0 Å². The summed E-state index contributed by atoms with van der Waals surface area (Å²) in [5, 5.41) is 11.7. The summed E-state index contributed by atoms with van der Waals surface area (Å²) in [5.41, 5.74) is 8.03. The van der Waals surface area contributed by atoms with E-state index in [-0.39, 0.29) is 19.4 Å². The Hall–Kier alpha value is -2.01. The molecule has 0 atom stereocenters. The largest absolute Gasteiger partial charge is 0.481 e. The predicted octanol–water partition coefficient (Wildman–Crippen LogP) is 1.50. The Morgan fingerprint density at radius 3 is 3.21 bits per heavy atom. The van der Waals surface area contributed by atoms with Crippen LogP contribution in [-0.4, -0.2) is 16.1 Å². The van der Waals surface area contributed by atoms with Gasteiger partial charge in [-0.25, -0.2) is 4.98 Å².